The third-order valence-corrected chi connectivity index (χ3v) is 3.77. The number of anilines is 2. The summed E-state index contributed by atoms with van der Waals surface area (Å²) < 4.78 is 0.561. The highest BCUT2D eigenvalue weighted by molar-refractivity contribution is 7.15. The zero-order chi connectivity index (χ0) is 13.1. The SMILES string of the molecule is CN(C)c1ccc(Cl)cc1NCc1cnc(Cl)s1. The van der Waals surface area contributed by atoms with E-state index in [1.54, 1.807) is 6.20 Å². The predicted octanol–water partition coefficient (Wildman–Crippen LogP) is 4.13. The second-order valence-corrected chi connectivity index (χ2v) is 6.12. The number of benzene rings is 1. The molecule has 96 valence electrons. The van der Waals surface area contributed by atoms with E-state index in [1.165, 1.54) is 11.3 Å². The summed E-state index contributed by atoms with van der Waals surface area (Å²) in [5.41, 5.74) is 2.09. The number of aromatic nitrogens is 1. The predicted molar refractivity (Wildman–Crippen MR) is 80.2 cm³/mol. The van der Waals surface area contributed by atoms with E-state index in [0.29, 0.717) is 16.0 Å². The summed E-state index contributed by atoms with van der Waals surface area (Å²) in [7, 11) is 4.00. The number of nitrogens with one attached hydrogen (secondary N) is 1. The van der Waals surface area contributed by atoms with E-state index in [1.807, 2.05) is 37.2 Å². The van der Waals surface area contributed by atoms with Gasteiger partial charge in [-0.05, 0) is 18.2 Å². The quantitative estimate of drug-likeness (QED) is 0.920. The van der Waals surface area contributed by atoms with Crippen molar-refractivity contribution in [1.29, 1.82) is 0 Å². The molecule has 0 aliphatic rings. The monoisotopic (exact) mass is 301 g/mol. The molecule has 0 fully saturated rings. The van der Waals surface area contributed by atoms with Crippen LogP contribution in [-0.4, -0.2) is 19.1 Å². The molecule has 0 radical (unpaired) electrons. The molecule has 0 saturated heterocycles. The normalized spacial score (nSPS) is 10.4. The molecule has 2 rings (SSSR count). The van der Waals surface area contributed by atoms with Gasteiger partial charge in [-0.3, -0.25) is 0 Å². The lowest BCUT2D eigenvalue weighted by molar-refractivity contribution is 1.11. The van der Waals surface area contributed by atoms with E-state index < -0.39 is 0 Å². The second-order valence-electron chi connectivity index (χ2n) is 3.99. The molecule has 0 aliphatic heterocycles. The Balaban J connectivity index is 2.15. The van der Waals surface area contributed by atoms with Crippen LogP contribution in [0.2, 0.25) is 9.49 Å². The highest BCUT2D eigenvalue weighted by atomic mass is 35.5. The molecular weight excluding hydrogens is 289 g/mol. The smallest absolute Gasteiger partial charge is 0.183 e. The Bertz CT molecular complexity index is 540. The maximum absolute atomic E-state index is 6.02. The molecule has 2 aromatic rings. The molecule has 6 heteroatoms. The summed E-state index contributed by atoms with van der Waals surface area (Å²) in [4.78, 5) is 7.14. The van der Waals surface area contributed by atoms with Crippen molar-refractivity contribution < 1.29 is 0 Å². The minimum Gasteiger partial charge on any atom is -0.378 e. The van der Waals surface area contributed by atoms with Crippen LogP contribution in [0.1, 0.15) is 4.88 Å². The minimum absolute atomic E-state index is 0.561. The van der Waals surface area contributed by atoms with Gasteiger partial charge in [0, 0.05) is 30.2 Å². The lowest BCUT2D eigenvalue weighted by Gasteiger charge is -2.18. The number of nitrogens with zero attached hydrogens (tertiary/aromatic N) is 2. The number of rotatable bonds is 4. The van der Waals surface area contributed by atoms with Gasteiger partial charge in [0.15, 0.2) is 4.47 Å². The fourth-order valence-corrected chi connectivity index (χ4v) is 2.68. The third-order valence-electron chi connectivity index (χ3n) is 2.42. The minimum atomic E-state index is 0.561. The van der Waals surface area contributed by atoms with E-state index in [-0.39, 0.29) is 0 Å². The van der Waals surface area contributed by atoms with Crippen molar-refractivity contribution in [2.45, 2.75) is 6.54 Å². The van der Waals surface area contributed by atoms with Gasteiger partial charge in [0.2, 0.25) is 0 Å². The first kappa shape index (κ1) is 13.5. The van der Waals surface area contributed by atoms with Gasteiger partial charge in [-0.25, -0.2) is 4.98 Å². The third kappa shape index (κ3) is 3.28. The van der Waals surface area contributed by atoms with E-state index >= 15 is 0 Å². The van der Waals surface area contributed by atoms with E-state index in [2.05, 4.69) is 10.3 Å². The van der Waals surface area contributed by atoms with Gasteiger partial charge in [0.25, 0.3) is 0 Å². The molecule has 0 unspecified atom stereocenters. The molecule has 1 aromatic carbocycles. The molecule has 0 spiro atoms. The first-order valence-corrected chi connectivity index (χ1v) is 6.94. The van der Waals surface area contributed by atoms with Crippen LogP contribution in [0.25, 0.3) is 0 Å². The molecule has 1 heterocycles. The molecule has 0 bridgehead atoms. The van der Waals surface area contributed by atoms with Crippen LogP contribution in [0.4, 0.5) is 11.4 Å². The number of thiazole rings is 1. The number of hydrogen-bond donors (Lipinski definition) is 1. The first-order valence-electron chi connectivity index (χ1n) is 5.37. The van der Waals surface area contributed by atoms with Crippen LogP contribution < -0.4 is 10.2 Å². The average molecular weight is 302 g/mol. The average Bonchev–Trinajstić information content (AvgIpc) is 2.72. The summed E-state index contributed by atoms with van der Waals surface area (Å²) in [6.07, 6.45) is 1.78. The lowest BCUT2D eigenvalue weighted by Crippen LogP contribution is -2.11. The maximum Gasteiger partial charge on any atom is 0.183 e. The fraction of sp³-hybridized carbons (Fsp3) is 0.250. The number of hydrogen-bond acceptors (Lipinski definition) is 4. The van der Waals surface area contributed by atoms with Crippen molar-refractivity contribution in [1.82, 2.24) is 4.98 Å². The molecule has 0 aliphatic carbocycles. The Morgan fingerprint density at radius 2 is 2.11 bits per heavy atom. The highest BCUT2D eigenvalue weighted by Gasteiger charge is 2.06. The molecule has 1 aromatic heterocycles. The summed E-state index contributed by atoms with van der Waals surface area (Å²) in [6, 6.07) is 5.79. The summed E-state index contributed by atoms with van der Waals surface area (Å²) in [5.74, 6) is 0. The van der Waals surface area contributed by atoms with Crippen molar-refractivity contribution in [3.05, 3.63) is 38.8 Å². The molecule has 18 heavy (non-hydrogen) atoms. The van der Waals surface area contributed by atoms with Gasteiger partial charge < -0.3 is 10.2 Å². The van der Waals surface area contributed by atoms with Crippen molar-refractivity contribution in [3.63, 3.8) is 0 Å². The zero-order valence-corrected chi connectivity index (χ0v) is 12.4. The molecule has 0 atom stereocenters. The molecular formula is C12H13Cl2N3S. The zero-order valence-electron chi connectivity index (χ0n) is 10.1. The van der Waals surface area contributed by atoms with Gasteiger partial charge in [-0.15, -0.1) is 11.3 Å². The topological polar surface area (TPSA) is 28.2 Å². The standard InChI is InChI=1S/C12H13Cl2N3S/c1-17(2)11-4-3-8(13)5-10(11)15-6-9-7-16-12(14)18-9/h3-5,7,15H,6H2,1-2H3. The number of halogens is 2. The second kappa shape index (κ2) is 5.78. The molecule has 0 amide bonds. The van der Waals surface area contributed by atoms with Gasteiger partial charge in [-0.2, -0.15) is 0 Å². The van der Waals surface area contributed by atoms with E-state index in [9.17, 15) is 0 Å². The van der Waals surface area contributed by atoms with E-state index in [4.69, 9.17) is 23.2 Å². The summed E-state index contributed by atoms with van der Waals surface area (Å²) in [5, 5.41) is 4.06. The van der Waals surface area contributed by atoms with Crippen LogP contribution in [0.15, 0.2) is 24.4 Å². The van der Waals surface area contributed by atoms with Crippen molar-refractivity contribution >= 4 is 45.9 Å². The van der Waals surface area contributed by atoms with Crippen LogP contribution >= 0.6 is 34.5 Å². The van der Waals surface area contributed by atoms with Gasteiger partial charge >= 0.3 is 0 Å². The van der Waals surface area contributed by atoms with Gasteiger partial charge in [-0.1, -0.05) is 23.2 Å². The first-order chi connectivity index (χ1) is 8.56. The van der Waals surface area contributed by atoms with Crippen molar-refractivity contribution in [3.8, 4) is 0 Å². The maximum atomic E-state index is 6.02. The fourth-order valence-electron chi connectivity index (χ4n) is 1.59. The van der Waals surface area contributed by atoms with E-state index in [0.717, 1.165) is 16.3 Å². The Morgan fingerprint density at radius 3 is 2.72 bits per heavy atom. The molecule has 0 saturated carbocycles. The van der Waals surface area contributed by atoms with Crippen molar-refractivity contribution in [2.24, 2.45) is 0 Å². The Labute approximate surface area is 120 Å². The Morgan fingerprint density at radius 1 is 1.33 bits per heavy atom. The van der Waals surface area contributed by atoms with Gasteiger partial charge in [0.05, 0.1) is 17.9 Å². The van der Waals surface area contributed by atoms with Crippen LogP contribution in [0, 0.1) is 0 Å². The summed E-state index contributed by atoms with van der Waals surface area (Å²) >= 11 is 13.3. The molecule has 1 N–H and O–H groups in total. The molecule has 3 nitrogen and oxygen atoms in total. The summed E-state index contributed by atoms with van der Waals surface area (Å²) in [6.45, 7) is 0.686. The van der Waals surface area contributed by atoms with Crippen LogP contribution in [0.5, 0.6) is 0 Å². The Hall–Kier alpha value is -0.970. The van der Waals surface area contributed by atoms with Gasteiger partial charge in [0.1, 0.15) is 0 Å². The highest BCUT2D eigenvalue weighted by Crippen LogP contribution is 2.29. The lowest BCUT2D eigenvalue weighted by atomic mass is 10.2. The van der Waals surface area contributed by atoms with Crippen LogP contribution in [-0.2, 0) is 6.54 Å². The largest absolute Gasteiger partial charge is 0.378 e. The van der Waals surface area contributed by atoms with Crippen molar-refractivity contribution in [2.75, 3.05) is 24.3 Å². The Kier molecular flexibility index (Phi) is 4.32. The van der Waals surface area contributed by atoms with Crippen LogP contribution in [0.3, 0.4) is 0 Å².